The van der Waals surface area contributed by atoms with Crippen molar-refractivity contribution in [3.8, 4) is 0 Å². The molecule has 0 spiro atoms. The Morgan fingerprint density at radius 1 is 1.04 bits per heavy atom. The average molecular weight is 330 g/mol. The predicted molar refractivity (Wildman–Crippen MR) is 94.5 cm³/mol. The lowest BCUT2D eigenvalue weighted by Crippen LogP contribution is -2.38. The van der Waals surface area contributed by atoms with Gasteiger partial charge in [0.2, 0.25) is 0 Å². The second-order valence-corrected chi connectivity index (χ2v) is 6.88. The zero-order chi connectivity index (χ0) is 16.5. The molecule has 4 nitrogen and oxygen atoms in total. The Hall–Kier alpha value is -2.14. The van der Waals surface area contributed by atoms with Gasteiger partial charge in [0, 0.05) is 28.9 Å². The fourth-order valence-corrected chi connectivity index (χ4v) is 3.22. The maximum atomic E-state index is 12.0. The van der Waals surface area contributed by atoms with Gasteiger partial charge in [-0.25, -0.2) is 4.79 Å². The van der Waals surface area contributed by atoms with Crippen molar-refractivity contribution in [3.63, 3.8) is 0 Å². The molecule has 122 valence electrons. The van der Waals surface area contributed by atoms with Crippen LogP contribution in [0.5, 0.6) is 0 Å². The van der Waals surface area contributed by atoms with Gasteiger partial charge in [-0.1, -0.05) is 60.7 Å². The SMILES string of the molecule is CC(NC(=O)NCCS(=O)Cc1ccccc1)c1ccccc1. The Kier molecular flexibility index (Phi) is 6.81. The first-order valence-corrected chi connectivity index (χ1v) is 9.12. The lowest BCUT2D eigenvalue weighted by atomic mass is 10.1. The summed E-state index contributed by atoms with van der Waals surface area (Å²) >= 11 is 0. The van der Waals surface area contributed by atoms with E-state index in [0.29, 0.717) is 18.1 Å². The van der Waals surface area contributed by atoms with Crippen LogP contribution >= 0.6 is 0 Å². The normalized spacial score (nSPS) is 13.1. The second-order valence-electron chi connectivity index (χ2n) is 5.31. The van der Waals surface area contributed by atoms with Crippen molar-refractivity contribution < 1.29 is 9.00 Å². The monoisotopic (exact) mass is 330 g/mol. The molecular formula is C18H22N2O2S. The summed E-state index contributed by atoms with van der Waals surface area (Å²) in [5.41, 5.74) is 2.10. The average Bonchev–Trinajstić information content (AvgIpc) is 2.56. The number of carbonyl (C=O) groups excluding carboxylic acids is 1. The van der Waals surface area contributed by atoms with E-state index in [1.807, 2.05) is 67.6 Å². The Bertz CT molecular complexity index is 632. The third-order valence-electron chi connectivity index (χ3n) is 3.43. The summed E-state index contributed by atoms with van der Waals surface area (Å²) in [6.45, 7) is 2.33. The lowest BCUT2D eigenvalue weighted by molar-refractivity contribution is 0.238. The Morgan fingerprint density at radius 3 is 2.30 bits per heavy atom. The molecule has 2 aromatic rings. The molecule has 2 atom stereocenters. The fraction of sp³-hybridized carbons (Fsp3) is 0.278. The Morgan fingerprint density at radius 2 is 1.65 bits per heavy atom. The van der Waals surface area contributed by atoms with E-state index in [1.54, 1.807) is 0 Å². The maximum absolute atomic E-state index is 12.0. The molecule has 2 N–H and O–H groups in total. The fourth-order valence-electron chi connectivity index (χ4n) is 2.18. The Balaban J connectivity index is 1.67. The van der Waals surface area contributed by atoms with Crippen molar-refractivity contribution in [3.05, 3.63) is 71.8 Å². The van der Waals surface area contributed by atoms with Crippen LogP contribution in [0, 0.1) is 0 Å². The van der Waals surface area contributed by atoms with E-state index in [1.165, 1.54) is 0 Å². The maximum Gasteiger partial charge on any atom is 0.315 e. The summed E-state index contributed by atoms with van der Waals surface area (Å²) in [5.74, 6) is 0.965. The number of hydrogen-bond acceptors (Lipinski definition) is 2. The first-order chi connectivity index (χ1) is 11.1. The molecule has 0 fully saturated rings. The number of rotatable bonds is 7. The molecule has 0 radical (unpaired) electrons. The molecule has 0 aliphatic carbocycles. The minimum absolute atomic E-state index is 0.0639. The van der Waals surface area contributed by atoms with Gasteiger partial charge in [0.25, 0.3) is 0 Å². The molecule has 2 amide bonds. The number of urea groups is 1. The third kappa shape index (κ3) is 6.24. The van der Waals surface area contributed by atoms with Gasteiger partial charge < -0.3 is 10.6 Å². The zero-order valence-electron chi connectivity index (χ0n) is 13.2. The largest absolute Gasteiger partial charge is 0.337 e. The van der Waals surface area contributed by atoms with Crippen LogP contribution in [0.25, 0.3) is 0 Å². The van der Waals surface area contributed by atoms with Crippen LogP contribution in [0.4, 0.5) is 4.79 Å². The molecule has 2 rings (SSSR count). The van der Waals surface area contributed by atoms with Crippen molar-refractivity contribution in [1.29, 1.82) is 0 Å². The van der Waals surface area contributed by atoms with Crippen LogP contribution < -0.4 is 10.6 Å². The van der Waals surface area contributed by atoms with Crippen molar-refractivity contribution >= 4 is 16.8 Å². The minimum Gasteiger partial charge on any atom is -0.337 e. The molecule has 0 saturated heterocycles. The first kappa shape index (κ1) is 17.2. The summed E-state index contributed by atoms with van der Waals surface area (Å²) in [6, 6.07) is 19.2. The molecule has 2 unspecified atom stereocenters. The number of benzene rings is 2. The molecule has 23 heavy (non-hydrogen) atoms. The minimum atomic E-state index is -0.979. The molecule has 0 aliphatic heterocycles. The van der Waals surface area contributed by atoms with E-state index in [4.69, 9.17) is 0 Å². The first-order valence-electron chi connectivity index (χ1n) is 7.63. The van der Waals surface area contributed by atoms with Crippen molar-refractivity contribution in [2.24, 2.45) is 0 Å². The van der Waals surface area contributed by atoms with Crippen LogP contribution in [0.1, 0.15) is 24.1 Å². The molecule has 0 saturated carbocycles. The Labute approximate surface area is 139 Å². The number of hydrogen-bond donors (Lipinski definition) is 2. The molecule has 2 aromatic carbocycles. The highest BCUT2D eigenvalue weighted by Crippen LogP contribution is 2.10. The standard InChI is InChI=1S/C18H22N2O2S/c1-15(17-10-6-3-7-11-17)20-18(21)19-12-13-23(22)14-16-8-4-2-5-9-16/h2-11,15H,12-14H2,1H3,(H2,19,20,21). The molecular weight excluding hydrogens is 308 g/mol. The van der Waals surface area contributed by atoms with Crippen LogP contribution in [0.2, 0.25) is 0 Å². The van der Waals surface area contributed by atoms with Gasteiger partial charge >= 0.3 is 6.03 Å². The van der Waals surface area contributed by atoms with Gasteiger partial charge in [-0.15, -0.1) is 0 Å². The van der Waals surface area contributed by atoms with Crippen LogP contribution in [-0.4, -0.2) is 22.5 Å². The smallest absolute Gasteiger partial charge is 0.315 e. The number of amides is 2. The van der Waals surface area contributed by atoms with Gasteiger partial charge in [-0.3, -0.25) is 4.21 Å². The quantitative estimate of drug-likeness (QED) is 0.820. The van der Waals surface area contributed by atoms with E-state index < -0.39 is 10.8 Å². The van der Waals surface area contributed by atoms with E-state index in [-0.39, 0.29) is 12.1 Å². The van der Waals surface area contributed by atoms with Crippen LogP contribution in [0.3, 0.4) is 0 Å². The molecule has 0 aliphatic rings. The van der Waals surface area contributed by atoms with Crippen molar-refractivity contribution in [2.45, 2.75) is 18.7 Å². The predicted octanol–water partition coefficient (Wildman–Crippen LogP) is 3.00. The summed E-state index contributed by atoms with van der Waals surface area (Å²) in [6.07, 6.45) is 0. The van der Waals surface area contributed by atoms with E-state index in [2.05, 4.69) is 10.6 Å². The van der Waals surface area contributed by atoms with Crippen LogP contribution in [0.15, 0.2) is 60.7 Å². The number of carbonyl (C=O) groups is 1. The molecule has 0 aromatic heterocycles. The number of nitrogens with one attached hydrogen (secondary N) is 2. The molecule has 0 bridgehead atoms. The van der Waals surface area contributed by atoms with Gasteiger partial charge in [0.1, 0.15) is 0 Å². The molecule has 0 heterocycles. The highest BCUT2D eigenvalue weighted by Gasteiger charge is 2.09. The van der Waals surface area contributed by atoms with E-state index >= 15 is 0 Å². The summed E-state index contributed by atoms with van der Waals surface area (Å²) in [5, 5.41) is 5.63. The van der Waals surface area contributed by atoms with Gasteiger partial charge in [0.05, 0.1) is 6.04 Å². The van der Waals surface area contributed by atoms with Gasteiger partial charge in [0.15, 0.2) is 0 Å². The highest BCUT2D eigenvalue weighted by molar-refractivity contribution is 7.84. The zero-order valence-corrected chi connectivity index (χ0v) is 14.0. The topological polar surface area (TPSA) is 58.2 Å². The lowest BCUT2D eigenvalue weighted by Gasteiger charge is -2.15. The second kappa shape index (κ2) is 9.10. The van der Waals surface area contributed by atoms with Gasteiger partial charge in [-0.05, 0) is 18.1 Å². The van der Waals surface area contributed by atoms with Crippen molar-refractivity contribution in [1.82, 2.24) is 10.6 Å². The van der Waals surface area contributed by atoms with E-state index in [9.17, 15) is 9.00 Å². The summed E-state index contributed by atoms with van der Waals surface area (Å²) < 4.78 is 12.0. The third-order valence-corrected chi connectivity index (χ3v) is 4.75. The molecule has 5 heteroatoms. The van der Waals surface area contributed by atoms with Crippen molar-refractivity contribution in [2.75, 3.05) is 12.3 Å². The summed E-state index contributed by atoms with van der Waals surface area (Å²) in [7, 11) is -0.979. The highest BCUT2D eigenvalue weighted by atomic mass is 32.2. The van der Waals surface area contributed by atoms with Crippen LogP contribution in [-0.2, 0) is 16.6 Å². The van der Waals surface area contributed by atoms with Gasteiger partial charge in [-0.2, -0.15) is 0 Å². The van der Waals surface area contributed by atoms with E-state index in [0.717, 1.165) is 11.1 Å². The summed E-state index contributed by atoms with van der Waals surface area (Å²) in [4.78, 5) is 11.8.